The first-order valence-electron chi connectivity index (χ1n) is 7.33. The van der Waals surface area contributed by atoms with Crippen LogP contribution in [-0.4, -0.2) is 43.6 Å². The first kappa shape index (κ1) is 17.5. The van der Waals surface area contributed by atoms with E-state index in [2.05, 4.69) is 30.4 Å². The van der Waals surface area contributed by atoms with Gasteiger partial charge in [0, 0.05) is 18.3 Å². The molecular weight excluding hydrogens is 271 g/mol. The maximum Gasteiger partial charge on any atom is 0.123 e. The van der Waals surface area contributed by atoms with Crippen molar-refractivity contribution in [1.29, 1.82) is 0 Å². The summed E-state index contributed by atoms with van der Waals surface area (Å²) < 4.78 is 13.4. The zero-order valence-corrected chi connectivity index (χ0v) is 13.7. The highest BCUT2D eigenvalue weighted by atomic mass is 32.2. The van der Waals surface area contributed by atoms with E-state index in [1.54, 1.807) is 12.1 Å². The van der Waals surface area contributed by atoms with Crippen molar-refractivity contribution < 1.29 is 4.39 Å². The van der Waals surface area contributed by atoms with Gasteiger partial charge in [-0.2, -0.15) is 11.8 Å². The second kappa shape index (κ2) is 10.2. The van der Waals surface area contributed by atoms with E-state index in [1.807, 2.05) is 17.8 Å². The Morgan fingerprint density at radius 2 is 2.15 bits per heavy atom. The van der Waals surface area contributed by atoms with Gasteiger partial charge in [-0.3, -0.25) is 0 Å². The molecule has 114 valence electrons. The lowest BCUT2D eigenvalue weighted by Crippen LogP contribution is -2.29. The molecule has 1 atom stereocenters. The van der Waals surface area contributed by atoms with Crippen LogP contribution in [-0.2, 0) is 0 Å². The summed E-state index contributed by atoms with van der Waals surface area (Å²) in [6.07, 6.45) is 4.23. The van der Waals surface area contributed by atoms with Gasteiger partial charge in [0.2, 0.25) is 0 Å². The fourth-order valence-corrected chi connectivity index (χ4v) is 2.63. The van der Waals surface area contributed by atoms with Gasteiger partial charge in [-0.05, 0) is 56.9 Å². The van der Waals surface area contributed by atoms with Crippen LogP contribution in [0.1, 0.15) is 31.4 Å². The SMILES string of the molecule is CCCNC(CCN(C)CCSC)c1cccc(F)c1. The van der Waals surface area contributed by atoms with Crippen LogP contribution < -0.4 is 5.32 Å². The zero-order valence-electron chi connectivity index (χ0n) is 12.9. The van der Waals surface area contributed by atoms with E-state index in [0.29, 0.717) is 0 Å². The topological polar surface area (TPSA) is 15.3 Å². The molecule has 0 spiro atoms. The number of hydrogen-bond acceptors (Lipinski definition) is 3. The summed E-state index contributed by atoms with van der Waals surface area (Å²) in [7, 11) is 2.15. The molecule has 2 nitrogen and oxygen atoms in total. The molecule has 1 unspecified atom stereocenters. The quantitative estimate of drug-likeness (QED) is 0.711. The maximum atomic E-state index is 13.4. The Kier molecular flexibility index (Phi) is 8.90. The molecule has 1 rings (SSSR count). The van der Waals surface area contributed by atoms with Gasteiger partial charge in [-0.1, -0.05) is 19.1 Å². The molecule has 0 aliphatic heterocycles. The first-order chi connectivity index (χ1) is 9.67. The number of thioether (sulfide) groups is 1. The van der Waals surface area contributed by atoms with Gasteiger partial charge in [0.25, 0.3) is 0 Å². The Bertz CT molecular complexity index is 373. The van der Waals surface area contributed by atoms with Crippen molar-refractivity contribution in [3.05, 3.63) is 35.6 Å². The molecule has 1 aromatic rings. The number of nitrogens with zero attached hydrogens (tertiary/aromatic N) is 1. The molecule has 0 radical (unpaired) electrons. The largest absolute Gasteiger partial charge is 0.310 e. The molecule has 0 aromatic heterocycles. The molecule has 0 aliphatic carbocycles. The van der Waals surface area contributed by atoms with Crippen molar-refractivity contribution in [3.63, 3.8) is 0 Å². The van der Waals surface area contributed by atoms with Crippen LogP contribution in [0, 0.1) is 5.82 Å². The predicted molar refractivity (Wildman–Crippen MR) is 87.9 cm³/mol. The fourth-order valence-electron chi connectivity index (χ4n) is 2.14. The monoisotopic (exact) mass is 298 g/mol. The molecule has 0 aliphatic rings. The average Bonchev–Trinajstić information content (AvgIpc) is 2.45. The van der Waals surface area contributed by atoms with Crippen LogP contribution in [0.15, 0.2) is 24.3 Å². The highest BCUT2D eigenvalue weighted by molar-refractivity contribution is 7.98. The van der Waals surface area contributed by atoms with Crippen LogP contribution >= 0.6 is 11.8 Å². The first-order valence-corrected chi connectivity index (χ1v) is 8.73. The number of nitrogens with one attached hydrogen (secondary N) is 1. The third-order valence-corrected chi connectivity index (χ3v) is 3.96. The molecule has 0 heterocycles. The van der Waals surface area contributed by atoms with Gasteiger partial charge in [-0.15, -0.1) is 0 Å². The van der Waals surface area contributed by atoms with Crippen molar-refractivity contribution in [2.45, 2.75) is 25.8 Å². The van der Waals surface area contributed by atoms with Gasteiger partial charge < -0.3 is 10.2 Å². The molecule has 0 saturated carbocycles. The van der Waals surface area contributed by atoms with E-state index < -0.39 is 0 Å². The molecule has 1 aromatic carbocycles. The van der Waals surface area contributed by atoms with Crippen LogP contribution in [0.3, 0.4) is 0 Å². The highest BCUT2D eigenvalue weighted by Gasteiger charge is 2.12. The lowest BCUT2D eigenvalue weighted by Gasteiger charge is -2.23. The minimum atomic E-state index is -0.151. The molecule has 20 heavy (non-hydrogen) atoms. The summed E-state index contributed by atoms with van der Waals surface area (Å²) in [4.78, 5) is 2.34. The molecule has 4 heteroatoms. The van der Waals surface area contributed by atoms with Gasteiger partial charge in [0.1, 0.15) is 5.82 Å². The third-order valence-electron chi connectivity index (χ3n) is 3.37. The number of hydrogen-bond donors (Lipinski definition) is 1. The van der Waals surface area contributed by atoms with Gasteiger partial charge >= 0.3 is 0 Å². The molecule has 0 saturated heterocycles. The van der Waals surface area contributed by atoms with Crippen LogP contribution in [0.4, 0.5) is 4.39 Å². The number of benzene rings is 1. The second-order valence-corrected chi connectivity index (χ2v) is 6.13. The van der Waals surface area contributed by atoms with Crippen molar-refractivity contribution in [2.24, 2.45) is 0 Å². The Balaban J connectivity index is 2.55. The van der Waals surface area contributed by atoms with E-state index in [9.17, 15) is 4.39 Å². The van der Waals surface area contributed by atoms with E-state index in [4.69, 9.17) is 0 Å². The zero-order chi connectivity index (χ0) is 14.8. The van der Waals surface area contributed by atoms with Crippen LogP contribution in [0.5, 0.6) is 0 Å². The van der Waals surface area contributed by atoms with Gasteiger partial charge in [0.05, 0.1) is 0 Å². The second-order valence-electron chi connectivity index (χ2n) is 5.15. The molecule has 0 amide bonds. The van der Waals surface area contributed by atoms with Crippen LogP contribution in [0.25, 0.3) is 0 Å². The van der Waals surface area contributed by atoms with Gasteiger partial charge in [-0.25, -0.2) is 4.39 Å². The summed E-state index contributed by atoms with van der Waals surface area (Å²) in [5, 5.41) is 3.53. The van der Waals surface area contributed by atoms with E-state index >= 15 is 0 Å². The minimum absolute atomic E-state index is 0.151. The summed E-state index contributed by atoms with van der Waals surface area (Å²) >= 11 is 1.87. The van der Waals surface area contributed by atoms with Crippen molar-refractivity contribution in [1.82, 2.24) is 10.2 Å². The normalized spacial score (nSPS) is 12.8. The van der Waals surface area contributed by atoms with Crippen LogP contribution in [0.2, 0.25) is 0 Å². The summed E-state index contributed by atoms with van der Waals surface area (Å²) in [5.41, 5.74) is 1.05. The molecule has 0 bridgehead atoms. The minimum Gasteiger partial charge on any atom is -0.310 e. The summed E-state index contributed by atoms with van der Waals surface area (Å²) in [5.74, 6) is 1.00. The van der Waals surface area contributed by atoms with Crippen molar-refractivity contribution >= 4 is 11.8 Å². The Labute approximate surface area is 127 Å². The highest BCUT2D eigenvalue weighted by Crippen LogP contribution is 2.18. The Hall–Kier alpha value is -0.580. The lowest BCUT2D eigenvalue weighted by atomic mass is 10.0. The molecule has 1 N–H and O–H groups in total. The van der Waals surface area contributed by atoms with E-state index in [1.165, 1.54) is 6.07 Å². The third kappa shape index (κ3) is 6.73. The van der Waals surface area contributed by atoms with E-state index in [-0.39, 0.29) is 11.9 Å². The predicted octanol–water partition coefficient (Wildman–Crippen LogP) is 3.55. The summed E-state index contributed by atoms with van der Waals surface area (Å²) in [6, 6.07) is 7.20. The van der Waals surface area contributed by atoms with Crippen molar-refractivity contribution in [3.8, 4) is 0 Å². The maximum absolute atomic E-state index is 13.4. The lowest BCUT2D eigenvalue weighted by molar-refractivity contribution is 0.323. The average molecular weight is 298 g/mol. The summed E-state index contributed by atoms with van der Waals surface area (Å²) in [6.45, 7) is 5.25. The van der Waals surface area contributed by atoms with Gasteiger partial charge in [0.15, 0.2) is 0 Å². The molecule has 0 fully saturated rings. The molecular formula is C16H27FN2S. The Morgan fingerprint density at radius 1 is 1.35 bits per heavy atom. The fraction of sp³-hybridized carbons (Fsp3) is 0.625. The number of halogens is 1. The number of rotatable bonds is 10. The van der Waals surface area contributed by atoms with Crippen molar-refractivity contribution in [2.75, 3.05) is 38.7 Å². The van der Waals surface area contributed by atoms with E-state index in [0.717, 1.165) is 43.8 Å². The Morgan fingerprint density at radius 3 is 2.80 bits per heavy atom. The smallest absolute Gasteiger partial charge is 0.123 e. The standard InChI is InChI=1S/C16H27FN2S/c1-4-9-18-16(8-10-19(2)11-12-20-3)14-6-5-7-15(17)13-14/h5-7,13,16,18H,4,8-12H2,1-3H3.